The summed E-state index contributed by atoms with van der Waals surface area (Å²) in [6.07, 6.45) is 1.30. The minimum Gasteiger partial charge on any atom is -0.496 e. The lowest BCUT2D eigenvalue weighted by molar-refractivity contribution is 0.0492. The van der Waals surface area contributed by atoms with Crippen LogP contribution in [0.1, 0.15) is 70.1 Å². The van der Waals surface area contributed by atoms with E-state index in [1.807, 2.05) is 92.8 Å². The molecule has 4 aromatic rings. The highest BCUT2D eigenvalue weighted by Crippen LogP contribution is 2.24. The van der Waals surface area contributed by atoms with Crippen LogP contribution in [0.5, 0.6) is 5.75 Å². The molecular weight excluding hydrogens is 703 g/mol. The van der Waals surface area contributed by atoms with E-state index >= 15 is 0 Å². The number of aliphatic hydroxyl groups excluding tert-OH is 1. The Morgan fingerprint density at radius 1 is 0.889 bits per heavy atom. The van der Waals surface area contributed by atoms with Gasteiger partial charge in [0.15, 0.2) is 0 Å². The third-order valence-corrected chi connectivity index (χ3v) is 11.4. The van der Waals surface area contributed by atoms with Crippen LogP contribution in [0.4, 0.5) is 5.69 Å². The average molecular weight is 756 g/mol. The number of carbonyl (C=O) groups is 2. The number of piperidine rings is 1. The molecule has 0 spiro atoms. The van der Waals surface area contributed by atoms with Gasteiger partial charge in [0.05, 0.1) is 36.7 Å². The number of hydrogen-bond acceptors (Lipinski definition) is 8. The average Bonchev–Trinajstić information content (AvgIpc) is 3.18. The molecule has 1 aliphatic heterocycles. The van der Waals surface area contributed by atoms with Crippen LogP contribution in [0, 0.1) is 0 Å². The summed E-state index contributed by atoms with van der Waals surface area (Å²) in [5.74, 6) is -0.299. The number of amides is 2. The third-order valence-electron chi connectivity index (χ3n) is 10.1. The van der Waals surface area contributed by atoms with Crippen LogP contribution >= 0.6 is 0 Å². The number of nitrogens with zero attached hydrogens (tertiary/aromatic N) is 2. The number of ether oxygens (including phenoxy) is 1. The first kappa shape index (κ1) is 40.4. The minimum atomic E-state index is -3.72. The first-order chi connectivity index (χ1) is 25.9. The van der Waals surface area contributed by atoms with Gasteiger partial charge in [0.25, 0.3) is 11.8 Å². The number of rotatable bonds is 17. The van der Waals surface area contributed by atoms with E-state index in [9.17, 15) is 23.1 Å². The lowest BCUT2D eigenvalue weighted by atomic mass is 9.98. The maximum Gasteiger partial charge on any atom is 0.251 e. The van der Waals surface area contributed by atoms with Crippen LogP contribution < -0.4 is 20.1 Å². The van der Waals surface area contributed by atoms with Gasteiger partial charge in [-0.3, -0.25) is 19.2 Å². The van der Waals surface area contributed by atoms with Crippen molar-refractivity contribution in [2.45, 2.75) is 63.9 Å². The predicted molar refractivity (Wildman–Crippen MR) is 213 cm³/mol. The fourth-order valence-electron chi connectivity index (χ4n) is 6.87. The second-order valence-electron chi connectivity index (χ2n) is 14.0. The van der Waals surface area contributed by atoms with E-state index in [1.54, 1.807) is 7.11 Å². The molecule has 1 heterocycles. The molecule has 0 bridgehead atoms. The largest absolute Gasteiger partial charge is 0.496 e. The van der Waals surface area contributed by atoms with Crippen molar-refractivity contribution in [1.82, 2.24) is 20.4 Å². The monoisotopic (exact) mass is 755 g/mol. The molecular formula is C42H53N5O6S. The topological polar surface area (TPSA) is 140 Å². The number of aliphatic hydroxyl groups is 1. The smallest absolute Gasteiger partial charge is 0.251 e. The molecule has 0 aromatic heterocycles. The van der Waals surface area contributed by atoms with Crippen molar-refractivity contribution in [3.8, 4) is 5.75 Å². The van der Waals surface area contributed by atoms with Crippen molar-refractivity contribution >= 4 is 27.5 Å². The molecule has 1 aliphatic rings. The molecule has 4 aromatic carbocycles. The number of sulfonamides is 1. The van der Waals surface area contributed by atoms with Gasteiger partial charge in [-0.25, -0.2) is 8.42 Å². The van der Waals surface area contributed by atoms with E-state index < -0.39 is 34.0 Å². The number of anilines is 1. The van der Waals surface area contributed by atoms with E-state index in [2.05, 4.69) is 31.2 Å². The first-order valence-electron chi connectivity index (χ1n) is 18.5. The molecule has 1 saturated heterocycles. The highest BCUT2D eigenvalue weighted by atomic mass is 32.2. The van der Waals surface area contributed by atoms with E-state index in [-0.39, 0.29) is 34.7 Å². The minimum absolute atomic E-state index is 0.0878. The summed E-state index contributed by atoms with van der Waals surface area (Å²) >= 11 is 0. The van der Waals surface area contributed by atoms with E-state index in [1.165, 1.54) is 25.1 Å². The van der Waals surface area contributed by atoms with Crippen LogP contribution in [0.25, 0.3) is 0 Å². The molecule has 54 heavy (non-hydrogen) atoms. The van der Waals surface area contributed by atoms with Crippen LogP contribution in [0.3, 0.4) is 0 Å². The number of likely N-dealkylation sites (tertiary alicyclic amines) is 1. The second kappa shape index (κ2) is 19.0. The Labute approximate surface area is 319 Å². The SMILES string of the molecule is CCS(=O)(=O)Nc1cc(C(=O)N[C@@H](Cc2ccccc2)[C@H](O)CN(C)C2CCN(Cc3ccccc3OC)CC2)cc(C(=O)N[C@H](C)c2ccccc2)c1. The number of methoxy groups -OCH3 is 1. The molecule has 288 valence electrons. The summed E-state index contributed by atoms with van der Waals surface area (Å²) < 4.78 is 33.2. The fourth-order valence-corrected chi connectivity index (χ4v) is 7.49. The Balaban J connectivity index is 1.30. The summed E-state index contributed by atoms with van der Waals surface area (Å²) in [5, 5.41) is 17.7. The van der Waals surface area contributed by atoms with Crippen molar-refractivity contribution in [2.24, 2.45) is 0 Å². The molecule has 5 rings (SSSR count). The van der Waals surface area contributed by atoms with Gasteiger partial charge in [-0.15, -0.1) is 0 Å². The molecule has 0 saturated carbocycles. The molecule has 4 N–H and O–H groups in total. The van der Waals surface area contributed by atoms with Gasteiger partial charge in [-0.2, -0.15) is 0 Å². The maximum absolute atomic E-state index is 14.0. The zero-order valence-electron chi connectivity index (χ0n) is 31.6. The summed E-state index contributed by atoms with van der Waals surface area (Å²) in [6.45, 7) is 6.31. The normalized spacial score (nSPS) is 15.6. The maximum atomic E-state index is 14.0. The quantitative estimate of drug-likeness (QED) is 0.115. The Bertz CT molecular complexity index is 1940. The van der Waals surface area contributed by atoms with Gasteiger partial charge in [0.2, 0.25) is 10.0 Å². The molecule has 3 atom stereocenters. The van der Waals surface area contributed by atoms with Gasteiger partial charge < -0.3 is 25.4 Å². The number of nitrogens with one attached hydrogen (secondary N) is 3. The highest BCUT2D eigenvalue weighted by Gasteiger charge is 2.29. The van der Waals surface area contributed by atoms with Crippen LogP contribution in [0.2, 0.25) is 0 Å². The summed E-state index contributed by atoms with van der Waals surface area (Å²) in [5.41, 5.74) is 3.30. The molecule has 0 unspecified atom stereocenters. The highest BCUT2D eigenvalue weighted by molar-refractivity contribution is 7.92. The lowest BCUT2D eigenvalue weighted by Gasteiger charge is -2.38. The molecule has 11 nitrogen and oxygen atoms in total. The van der Waals surface area contributed by atoms with Crippen LogP contribution in [0.15, 0.2) is 103 Å². The number of hydrogen-bond donors (Lipinski definition) is 4. The first-order valence-corrected chi connectivity index (χ1v) is 20.2. The van der Waals surface area contributed by atoms with Crippen molar-refractivity contribution < 1.29 is 27.9 Å². The Hall–Kier alpha value is -4.75. The van der Waals surface area contributed by atoms with Crippen LogP contribution in [-0.4, -0.2) is 92.9 Å². The zero-order valence-corrected chi connectivity index (χ0v) is 32.4. The Morgan fingerprint density at radius 3 is 2.11 bits per heavy atom. The van der Waals surface area contributed by atoms with E-state index in [0.717, 1.165) is 54.9 Å². The van der Waals surface area contributed by atoms with Gasteiger partial charge in [-0.05, 0) is 88.6 Å². The Morgan fingerprint density at radius 2 is 1.48 bits per heavy atom. The Kier molecular flexibility index (Phi) is 14.2. The zero-order chi connectivity index (χ0) is 38.7. The van der Waals surface area contributed by atoms with Crippen molar-refractivity contribution in [1.29, 1.82) is 0 Å². The molecule has 1 fully saturated rings. The second-order valence-corrected chi connectivity index (χ2v) is 16.0. The number of carbonyl (C=O) groups excluding carboxylic acids is 2. The third kappa shape index (κ3) is 11.4. The van der Waals surface area contributed by atoms with Crippen molar-refractivity contribution in [3.63, 3.8) is 0 Å². The van der Waals surface area contributed by atoms with Gasteiger partial charge in [0, 0.05) is 35.8 Å². The van der Waals surface area contributed by atoms with Crippen molar-refractivity contribution in [2.75, 3.05) is 44.3 Å². The molecule has 2 amide bonds. The van der Waals surface area contributed by atoms with Gasteiger partial charge >= 0.3 is 0 Å². The molecule has 0 radical (unpaired) electrons. The van der Waals surface area contributed by atoms with Gasteiger partial charge in [0.1, 0.15) is 5.75 Å². The summed E-state index contributed by atoms with van der Waals surface area (Å²) in [7, 11) is -0.0134. The van der Waals surface area contributed by atoms with Crippen molar-refractivity contribution in [3.05, 3.63) is 131 Å². The predicted octanol–water partition coefficient (Wildman–Crippen LogP) is 5.25. The lowest BCUT2D eigenvalue weighted by Crippen LogP contribution is -2.52. The summed E-state index contributed by atoms with van der Waals surface area (Å²) in [6, 6.07) is 30.7. The fraction of sp³-hybridized carbons (Fsp3) is 0.381. The van der Waals surface area contributed by atoms with E-state index in [4.69, 9.17) is 4.74 Å². The standard InChI is InChI=1S/C42H53N5O6S/c1-5-54(51,52)45-36-26-34(41(49)43-30(2)32-16-10-7-11-17-32)25-35(27-36)42(50)44-38(24-31-14-8-6-9-15-31)39(48)29-46(3)37-20-22-47(23-21-37)28-33-18-12-13-19-40(33)53-4/h6-19,25-27,30,37-39,45,48H,5,20-24,28-29H2,1-4H3,(H,43,49)(H,44,50)/t30-,38+,39-/m1/s1. The number of para-hydroxylation sites is 1. The molecule has 0 aliphatic carbocycles. The van der Waals surface area contributed by atoms with Gasteiger partial charge in [-0.1, -0.05) is 78.9 Å². The number of likely N-dealkylation sites (N-methyl/N-ethyl adjacent to an activating group) is 1. The van der Waals surface area contributed by atoms with Crippen LogP contribution in [-0.2, 0) is 23.0 Å². The number of benzene rings is 4. The van der Waals surface area contributed by atoms with E-state index in [0.29, 0.717) is 13.0 Å². The summed E-state index contributed by atoms with van der Waals surface area (Å²) in [4.78, 5) is 32.1. The molecule has 12 heteroatoms.